The van der Waals surface area contributed by atoms with Crippen molar-refractivity contribution in [3.05, 3.63) is 29.8 Å². The average molecular weight is 343 g/mol. The number of carbonyl (C=O) groups is 1. The predicted octanol–water partition coefficient (Wildman–Crippen LogP) is 2.89. The van der Waals surface area contributed by atoms with Gasteiger partial charge in [0.15, 0.2) is 0 Å². The van der Waals surface area contributed by atoms with Crippen molar-refractivity contribution in [1.29, 1.82) is 0 Å². The molecule has 0 unspecified atom stereocenters. The first-order chi connectivity index (χ1) is 11.2. The Labute approximate surface area is 140 Å². The zero-order valence-electron chi connectivity index (χ0n) is 14.2. The Bertz CT molecular complexity index is 568. The van der Waals surface area contributed by atoms with Gasteiger partial charge in [0.2, 0.25) is 5.91 Å². The molecular formula is C17H24F3N3O. The first-order valence-electron chi connectivity index (χ1n) is 8.11. The molecule has 4 nitrogen and oxygen atoms in total. The van der Waals surface area contributed by atoms with Gasteiger partial charge in [0, 0.05) is 31.9 Å². The molecule has 2 atom stereocenters. The molecule has 24 heavy (non-hydrogen) atoms. The van der Waals surface area contributed by atoms with E-state index in [1.807, 2.05) is 36.1 Å². The Morgan fingerprint density at radius 1 is 1.08 bits per heavy atom. The fraction of sp³-hybridized carbons (Fsp3) is 0.588. The monoisotopic (exact) mass is 343 g/mol. The molecule has 0 bridgehead atoms. The topological polar surface area (TPSA) is 35.6 Å². The number of nitrogens with zero attached hydrogens (tertiary/aromatic N) is 2. The van der Waals surface area contributed by atoms with Gasteiger partial charge >= 0.3 is 6.18 Å². The molecule has 1 fully saturated rings. The molecule has 1 aromatic carbocycles. The van der Waals surface area contributed by atoms with Gasteiger partial charge in [0.05, 0.1) is 6.04 Å². The van der Waals surface area contributed by atoms with Crippen molar-refractivity contribution in [1.82, 2.24) is 9.80 Å². The number of aryl methyl sites for hydroxylation is 1. The largest absolute Gasteiger partial charge is 0.403 e. The molecule has 1 amide bonds. The van der Waals surface area contributed by atoms with Crippen LogP contribution < -0.4 is 5.32 Å². The van der Waals surface area contributed by atoms with Gasteiger partial charge in [-0.2, -0.15) is 13.2 Å². The minimum absolute atomic E-state index is 0.137. The van der Waals surface area contributed by atoms with Gasteiger partial charge in [-0.1, -0.05) is 18.2 Å². The van der Waals surface area contributed by atoms with E-state index >= 15 is 0 Å². The number of hydrogen-bond acceptors (Lipinski definition) is 3. The first-order valence-corrected chi connectivity index (χ1v) is 8.11. The Kier molecular flexibility index (Phi) is 5.87. The molecule has 2 rings (SSSR count). The second-order valence-corrected chi connectivity index (χ2v) is 6.27. The Balaban J connectivity index is 1.89. The standard InChI is InChI=1S/C17H24F3N3O/c1-12-6-4-5-7-15(12)21-16(24)13(2)22-8-10-23(11-9-22)14(3)17(18,19)20/h4-7,13-14H,8-11H2,1-3H3,(H,21,24)/t13-,14+/m1/s1. The Hall–Kier alpha value is -1.60. The van der Waals surface area contributed by atoms with Crippen molar-refractivity contribution in [2.75, 3.05) is 31.5 Å². The van der Waals surface area contributed by atoms with Gasteiger partial charge in [-0.25, -0.2) is 0 Å². The third kappa shape index (κ3) is 4.48. The molecule has 134 valence electrons. The number of amides is 1. The number of hydrogen-bond donors (Lipinski definition) is 1. The molecule has 1 heterocycles. The van der Waals surface area contributed by atoms with Crippen molar-refractivity contribution < 1.29 is 18.0 Å². The average Bonchev–Trinajstić information content (AvgIpc) is 2.55. The fourth-order valence-corrected chi connectivity index (χ4v) is 2.84. The molecule has 1 N–H and O–H groups in total. The van der Waals surface area contributed by atoms with Crippen LogP contribution in [-0.4, -0.2) is 60.1 Å². The summed E-state index contributed by atoms with van der Waals surface area (Å²) in [6.07, 6.45) is -4.21. The van der Waals surface area contributed by atoms with Crippen LogP contribution in [0.5, 0.6) is 0 Å². The summed E-state index contributed by atoms with van der Waals surface area (Å²) in [7, 11) is 0. The van der Waals surface area contributed by atoms with E-state index in [-0.39, 0.29) is 11.9 Å². The maximum Gasteiger partial charge on any atom is 0.403 e. The number of carbonyl (C=O) groups excluding carboxylic acids is 1. The van der Waals surface area contributed by atoms with Crippen LogP contribution in [0.4, 0.5) is 18.9 Å². The summed E-state index contributed by atoms with van der Waals surface area (Å²) in [5.74, 6) is -0.137. The van der Waals surface area contributed by atoms with Crippen LogP contribution in [0.3, 0.4) is 0 Å². The quantitative estimate of drug-likeness (QED) is 0.913. The van der Waals surface area contributed by atoms with Crippen LogP contribution in [0, 0.1) is 6.92 Å². The normalized spacial score (nSPS) is 19.8. The molecule has 0 saturated carbocycles. The van der Waals surface area contributed by atoms with Gasteiger partial charge in [-0.15, -0.1) is 0 Å². The third-order valence-electron chi connectivity index (χ3n) is 4.70. The highest BCUT2D eigenvalue weighted by molar-refractivity contribution is 5.95. The predicted molar refractivity (Wildman–Crippen MR) is 87.9 cm³/mol. The van der Waals surface area contributed by atoms with E-state index in [4.69, 9.17) is 0 Å². The highest BCUT2D eigenvalue weighted by atomic mass is 19.4. The number of nitrogens with one attached hydrogen (secondary N) is 1. The molecule has 1 aliphatic heterocycles. The number of alkyl halides is 3. The highest BCUT2D eigenvalue weighted by Crippen LogP contribution is 2.25. The van der Waals surface area contributed by atoms with Crippen molar-refractivity contribution in [2.24, 2.45) is 0 Å². The van der Waals surface area contributed by atoms with Crippen LogP contribution >= 0.6 is 0 Å². The van der Waals surface area contributed by atoms with Crippen molar-refractivity contribution >= 4 is 11.6 Å². The van der Waals surface area contributed by atoms with E-state index in [0.29, 0.717) is 26.2 Å². The molecule has 0 radical (unpaired) electrons. The molecular weight excluding hydrogens is 319 g/mol. The van der Waals surface area contributed by atoms with E-state index in [1.165, 1.54) is 11.8 Å². The maximum atomic E-state index is 12.8. The number of benzene rings is 1. The van der Waals surface area contributed by atoms with Gasteiger partial charge in [0.25, 0.3) is 0 Å². The van der Waals surface area contributed by atoms with Crippen LogP contribution in [0.15, 0.2) is 24.3 Å². The second kappa shape index (κ2) is 7.53. The smallest absolute Gasteiger partial charge is 0.324 e. The van der Waals surface area contributed by atoms with Crippen LogP contribution in [0.25, 0.3) is 0 Å². The lowest BCUT2D eigenvalue weighted by atomic mass is 10.1. The molecule has 1 aromatic rings. The maximum absolute atomic E-state index is 12.8. The highest BCUT2D eigenvalue weighted by Gasteiger charge is 2.41. The van der Waals surface area contributed by atoms with E-state index in [9.17, 15) is 18.0 Å². The van der Waals surface area contributed by atoms with Crippen LogP contribution in [0.1, 0.15) is 19.4 Å². The summed E-state index contributed by atoms with van der Waals surface area (Å²) < 4.78 is 38.3. The molecule has 1 aliphatic rings. The molecule has 1 saturated heterocycles. The van der Waals surface area contributed by atoms with E-state index in [1.54, 1.807) is 6.92 Å². The number of rotatable bonds is 4. The summed E-state index contributed by atoms with van der Waals surface area (Å²) in [6.45, 7) is 6.40. The summed E-state index contributed by atoms with van der Waals surface area (Å²) >= 11 is 0. The van der Waals surface area contributed by atoms with Gasteiger partial charge in [0.1, 0.15) is 6.04 Å². The number of piperazine rings is 1. The van der Waals surface area contributed by atoms with Gasteiger partial charge in [-0.3, -0.25) is 14.6 Å². The third-order valence-corrected chi connectivity index (χ3v) is 4.70. The second-order valence-electron chi connectivity index (χ2n) is 6.27. The number of para-hydroxylation sites is 1. The van der Waals surface area contributed by atoms with Crippen LogP contribution in [0.2, 0.25) is 0 Å². The number of halogens is 3. The van der Waals surface area contributed by atoms with Gasteiger partial charge < -0.3 is 5.32 Å². The van der Waals surface area contributed by atoms with Crippen LogP contribution in [-0.2, 0) is 4.79 Å². The lowest BCUT2D eigenvalue weighted by molar-refractivity contribution is -0.183. The number of anilines is 1. The molecule has 0 aliphatic carbocycles. The Morgan fingerprint density at radius 3 is 2.17 bits per heavy atom. The molecule has 0 aromatic heterocycles. The summed E-state index contributed by atoms with van der Waals surface area (Å²) in [5, 5.41) is 2.89. The fourth-order valence-electron chi connectivity index (χ4n) is 2.84. The SMILES string of the molecule is Cc1ccccc1NC(=O)[C@@H](C)N1CCN([C@@H](C)C(F)(F)F)CC1. The summed E-state index contributed by atoms with van der Waals surface area (Å²) in [6, 6.07) is 5.67. The summed E-state index contributed by atoms with van der Waals surface area (Å²) in [5.41, 5.74) is 1.74. The van der Waals surface area contributed by atoms with Crippen molar-refractivity contribution in [2.45, 2.75) is 39.0 Å². The van der Waals surface area contributed by atoms with Crippen molar-refractivity contribution in [3.8, 4) is 0 Å². The molecule has 0 spiro atoms. The lowest BCUT2D eigenvalue weighted by Crippen LogP contribution is -2.56. The van der Waals surface area contributed by atoms with Crippen molar-refractivity contribution in [3.63, 3.8) is 0 Å². The zero-order chi connectivity index (χ0) is 17.9. The van der Waals surface area contributed by atoms with E-state index < -0.39 is 12.2 Å². The zero-order valence-corrected chi connectivity index (χ0v) is 14.2. The van der Waals surface area contributed by atoms with E-state index in [0.717, 1.165) is 11.3 Å². The lowest BCUT2D eigenvalue weighted by Gasteiger charge is -2.40. The first kappa shape index (κ1) is 18.7. The van der Waals surface area contributed by atoms with Gasteiger partial charge in [-0.05, 0) is 32.4 Å². The Morgan fingerprint density at radius 2 is 1.62 bits per heavy atom. The minimum atomic E-state index is -4.21. The summed E-state index contributed by atoms with van der Waals surface area (Å²) in [4.78, 5) is 15.7. The minimum Gasteiger partial charge on any atom is -0.324 e. The van der Waals surface area contributed by atoms with E-state index in [2.05, 4.69) is 5.32 Å². The molecule has 7 heteroatoms.